The van der Waals surface area contributed by atoms with E-state index in [9.17, 15) is 4.39 Å². The second-order valence-electron chi connectivity index (χ2n) is 5.16. The molecule has 4 nitrogen and oxygen atoms in total. The molecular formula is C18H22BrFIN3O. The van der Waals surface area contributed by atoms with Gasteiger partial charge >= 0.3 is 0 Å². The van der Waals surface area contributed by atoms with Gasteiger partial charge in [-0.3, -0.25) is 4.99 Å². The van der Waals surface area contributed by atoms with E-state index in [1.54, 1.807) is 26.3 Å². The molecular weight excluding hydrogens is 500 g/mol. The van der Waals surface area contributed by atoms with Gasteiger partial charge in [0.2, 0.25) is 0 Å². The third-order valence-electron chi connectivity index (χ3n) is 3.54. The van der Waals surface area contributed by atoms with Crippen LogP contribution in [-0.2, 0) is 13.0 Å². The number of rotatable bonds is 6. The van der Waals surface area contributed by atoms with Crippen LogP contribution < -0.4 is 15.4 Å². The van der Waals surface area contributed by atoms with Gasteiger partial charge in [-0.15, -0.1) is 24.0 Å². The number of nitrogens with zero attached hydrogens (tertiary/aromatic N) is 1. The van der Waals surface area contributed by atoms with Crippen LogP contribution in [0, 0.1) is 5.82 Å². The maximum atomic E-state index is 13.6. The Labute approximate surface area is 173 Å². The molecule has 0 amide bonds. The normalized spacial score (nSPS) is 10.8. The summed E-state index contributed by atoms with van der Waals surface area (Å²) in [6, 6.07) is 12.7. The number of guanidine groups is 1. The first-order chi connectivity index (χ1) is 11.6. The Morgan fingerprint density at radius 1 is 1.20 bits per heavy atom. The lowest BCUT2D eigenvalue weighted by Gasteiger charge is -2.13. The minimum absolute atomic E-state index is 0. The van der Waals surface area contributed by atoms with Crippen molar-refractivity contribution in [2.45, 2.75) is 13.0 Å². The zero-order valence-corrected chi connectivity index (χ0v) is 18.1. The molecule has 25 heavy (non-hydrogen) atoms. The maximum absolute atomic E-state index is 13.6. The van der Waals surface area contributed by atoms with Crippen molar-refractivity contribution < 1.29 is 9.13 Å². The minimum atomic E-state index is -0.176. The molecule has 0 aliphatic rings. The van der Waals surface area contributed by atoms with Gasteiger partial charge in [0.15, 0.2) is 5.96 Å². The van der Waals surface area contributed by atoms with E-state index in [0.29, 0.717) is 31.0 Å². The first-order valence-corrected chi connectivity index (χ1v) is 8.43. The molecule has 0 aliphatic heterocycles. The molecule has 2 aromatic rings. The average molecular weight is 522 g/mol. The standard InChI is InChI=1S/C18H21BrFN3O.HI/c1-21-18(22-10-9-14-5-3-4-6-16(14)20)23-12-13-7-8-17(24-2)15(19)11-13;/h3-8,11H,9-10,12H2,1-2H3,(H2,21,22,23);1H. The van der Waals surface area contributed by atoms with E-state index < -0.39 is 0 Å². The Hall–Kier alpha value is -1.35. The van der Waals surface area contributed by atoms with Gasteiger partial charge in [0.05, 0.1) is 11.6 Å². The van der Waals surface area contributed by atoms with E-state index >= 15 is 0 Å². The third kappa shape index (κ3) is 6.81. The van der Waals surface area contributed by atoms with Crippen molar-refractivity contribution in [3.8, 4) is 5.75 Å². The average Bonchev–Trinajstić information content (AvgIpc) is 2.59. The Kier molecular flexibility index (Phi) is 9.81. The van der Waals surface area contributed by atoms with Crippen LogP contribution in [0.2, 0.25) is 0 Å². The minimum Gasteiger partial charge on any atom is -0.496 e. The van der Waals surface area contributed by atoms with Gasteiger partial charge in [0.25, 0.3) is 0 Å². The van der Waals surface area contributed by atoms with E-state index in [-0.39, 0.29) is 29.8 Å². The zero-order chi connectivity index (χ0) is 17.4. The molecule has 0 atom stereocenters. The van der Waals surface area contributed by atoms with Gasteiger partial charge in [-0.25, -0.2) is 4.39 Å². The molecule has 0 saturated heterocycles. The Bertz CT molecular complexity index is 712. The molecule has 136 valence electrons. The Morgan fingerprint density at radius 2 is 1.96 bits per heavy atom. The van der Waals surface area contributed by atoms with Crippen LogP contribution in [0.4, 0.5) is 4.39 Å². The van der Waals surface area contributed by atoms with Gasteiger partial charge in [0.1, 0.15) is 11.6 Å². The molecule has 2 N–H and O–H groups in total. The van der Waals surface area contributed by atoms with Crippen molar-refractivity contribution in [1.82, 2.24) is 10.6 Å². The molecule has 0 spiro atoms. The van der Waals surface area contributed by atoms with Crippen LogP contribution in [0.3, 0.4) is 0 Å². The summed E-state index contributed by atoms with van der Waals surface area (Å²) in [5.41, 5.74) is 1.79. The highest BCUT2D eigenvalue weighted by molar-refractivity contribution is 14.0. The van der Waals surface area contributed by atoms with E-state index in [2.05, 4.69) is 31.6 Å². The summed E-state index contributed by atoms with van der Waals surface area (Å²) in [5, 5.41) is 6.42. The molecule has 0 aromatic heterocycles. The fourth-order valence-electron chi connectivity index (χ4n) is 2.24. The molecule has 2 rings (SSSR count). The maximum Gasteiger partial charge on any atom is 0.191 e. The van der Waals surface area contributed by atoms with Crippen molar-refractivity contribution >= 4 is 45.9 Å². The van der Waals surface area contributed by atoms with Crippen molar-refractivity contribution in [2.75, 3.05) is 20.7 Å². The smallest absolute Gasteiger partial charge is 0.191 e. The van der Waals surface area contributed by atoms with Gasteiger partial charge in [-0.1, -0.05) is 24.3 Å². The van der Waals surface area contributed by atoms with Crippen LogP contribution in [-0.4, -0.2) is 26.7 Å². The number of ether oxygens (including phenoxy) is 1. The summed E-state index contributed by atoms with van der Waals surface area (Å²) in [7, 11) is 3.35. The summed E-state index contributed by atoms with van der Waals surface area (Å²) in [6.45, 7) is 1.23. The molecule has 7 heteroatoms. The van der Waals surface area contributed by atoms with Crippen molar-refractivity contribution in [1.29, 1.82) is 0 Å². The van der Waals surface area contributed by atoms with Gasteiger partial charge < -0.3 is 15.4 Å². The largest absolute Gasteiger partial charge is 0.496 e. The molecule has 0 heterocycles. The SMILES string of the molecule is CN=C(NCCc1ccccc1F)NCc1ccc(OC)c(Br)c1.I. The van der Waals surface area contributed by atoms with E-state index in [0.717, 1.165) is 15.8 Å². The van der Waals surface area contributed by atoms with Crippen molar-refractivity contribution in [2.24, 2.45) is 4.99 Å². The fourth-order valence-corrected chi connectivity index (χ4v) is 2.83. The number of methoxy groups -OCH3 is 1. The first-order valence-electron chi connectivity index (χ1n) is 7.64. The molecule has 0 radical (unpaired) electrons. The van der Waals surface area contributed by atoms with E-state index in [1.807, 2.05) is 24.3 Å². The van der Waals surface area contributed by atoms with Crippen LogP contribution in [0.15, 0.2) is 51.9 Å². The van der Waals surface area contributed by atoms with Crippen LogP contribution in [0.1, 0.15) is 11.1 Å². The number of hydrogen-bond donors (Lipinski definition) is 2. The van der Waals surface area contributed by atoms with Gasteiger partial charge in [-0.2, -0.15) is 0 Å². The highest BCUT2D eigenvalue weighted by Gasteiger charge is 2.04. The zero-order valence-electron chi connectivity index (χ0n) is 14.2. The van der Waals surface area contributed by atoms with Crippen LogP contribution in [0.25, 0.3) is 0 Å². The molecule has 0 unspecified atom stereocenters. The lowest BCUT2D eigenvalue weighted by atomic mass is 10.1. The topological polar surface area (TPSA) is 45.7 Å². The predicted molar refractivity (Wildman–Crippen MR) is 114 cm³/mol. The fraction of sp³-hybridized carbons (Fsp3) is 0.278. The number of aliphatic imine (C=N–C) groups is 1. The second kappa shape index (κ2) is 11.3. The lowest BCUT2D eigenvalue weighted by Crippen LogP contribution is -2.37. The Balaban J connectivity index is 0.00000312. The van der Waals surface area contributed by atoms with Gasteiger partial charge in [0, 0.05) is 20.1 Å². The molecule has 2 aromatic carbocycles. The van der Waals surface area contributed by atoms with Crippen LogP contribution in [0.5, 0.6) is 5.75 Å². The highest BCUT2D eigenvalue weighted by Crippen LogP contribution is 2.25. The van der Waals surface area contributed by atoms with Crippen molar-refractivity contribution in [3.05, 3.63) is 63.9 Å². The van der Waals surface area contributed by atoms with Gasteiger partial charge in [-0.05, 0) is 51.7 Å². The van der Waals surface area contributed by atoms with E-state index in [1.165, 1.54) is 6.07 Å². The molecule has 0 aliphatic carbocycles. The monoisotopic (exact) mass is 521 g/mol. The number of halogens is 3. The lowest BCUT2D eigenvalue weighted by molar-refractivity contribution is 0.412. The molecule has 0 bridgehead atoms. The quantitative estimate of drug-likeness (QED) is 0.341. The van der Waals surface area contributed by atoms with E-state index in [4.69, 9.17) is 4.74 Å². The van der Waals surface area contributed by atoms with Crippen molar-refractivity contribution in [3.63, 3.8) is 0 Å². The number of nitrogens with one attached hydrogen (secondary N) is 2. The number of hydrogen-bond acceptors (Lipinski definition) is 2. The number of benzene rings is 2. The van der Waals surface area contributed by atoms with Crippen LogP contribution >= 0.6 is 39.9 Å². The predicted octanol–water partition coefficient (Wildman–Crippen LogP) is 4.12. The highest BCUT2D eigenvalue weighted by atomic mass is 127. The summed E-state index contributed by atoms with van der Waals surface area (Å²) >= 11 is 3.47. The Morgan fingerprint density at radius 3 is 2.60 bits per heavy atom. The summed E-state index contributed by atoms with van der Waals surface area (Å²) < 4.78 is 19.7. The summed E-state index contributed by atoms with van der Waals surface area (Å²) in [6.07, 6.45) is 0.599. The molecule has 0 saturated carbocycles. The molecule has 0 fully saturated rings. The second-order valence-corrected chi connectivity index (χ2v) is 6.02. The summed E-state index contributed by atoms with van der Waals surface area (Å²) in [4.78, 5) is 4.18. The third-order valence-corrected chi connectivity index (χ3v) is 4.16. The first kappa shape index (κ1) is 21.7. The summed E-state index contributed by atoms with van der Waals surface area (Å²) in [5.74, 6) is 1.30.